The Balaban J connectivity index is 2.29. The second-order valence-corrected chi connectivity index (χ2v) is 7.93. The van der Waals surface area contributed by atoms with Crippen LogP contribution in [0, 0.1) is 19.3 Å². The van der Waals surface area contributed by atoms with Crippen LogP contribution in [0.25, 0.3) is 5.65 Å². The first-order valence-electron chi connectivity index (χ1n) is 9.49. The highest BCUT2D eigenvalue weighted by molar-refractivity contribution is 5.78. The number of esters is 1. The van der Waals surface area contributed by atoms with Crippen molar-refractivity contribution in [3.63, 3.8) is 0 Å². The third-order valence-electron chi connectivity index (χ3n) is 5.58. The summed E-state index contributed by atoms with van der Waals surface area (Å²) < 4.78 is 45.6. The van der Waals surface area contributed by atoms with Crippen LogP contribution >= 0.6 is 0 Å². The number of methoxy groups -OCH3 is 1. The molecular formula is C21H23F3N4O3. The molecule has 0 saturated heterocycles. The van der Waals surface area contributed by atoms with Gasteiger partial charge < -0.3 is 9.84 Å². The van der Waals surface area contributed by atoms with E-state index >= 15 is 0 Å². The summed E-state index contributed by atoms with van der Waals surface area (Å²) >= 11 is 0. The van der Waals surface area contributed by atoms with Crippen LogP contribution in [0.2, 0.25) is 0 Å². The van der Waals surface area contributed by atoms with Gasteiger partial charge in [0, 0.05) is 24.0 Å². The highest BCUT2D eigenvalue weighted by Gasteiger charge is 2.42. The average Bonchev–Trinajstić information content (AvgIpc) is 3.15. The maximum Gasteiger partial charge on any atom is 0.452 e. The fourth-order valence-electron chi connectivity index (χ4n) is 3.88. The van der Waals surface area contributed by atoms with E-state index in [2.05, 4.69) is 15.2 Å². The van der Waals surface area contributed by atoms with Crippen molar-refractivity contribution in [1.29, 1.82) is 0 Å². The summed E-state index contributed by atoms with van der Waals surface area (Å²) in [6.45, 7) is 6.53. The molecule has 3 heterocycles. The lowest BCUT2D eigenvalue weighted by atomic mass is 9.70. The highest BCUT2D eigenvalue weighted by Crippen LogP contribution is 2.44. The molecule has 0 aliphatic heterocycles. The van der Waals surface area contributed by atoms with Crippen LogP contribution in [0.15, 0.2) is 24.5 Å². The zero-order chi connectivity index (χ0) is 23.1. The summed E-state index contributed by atoms with van der Waals surface area (Å²) in [6.07, 6.45) is -1.82. The Morgan fingerprint density at radius 1 is 1.26 bits per heavy atom. The number of fused-ring (bicyclic) bond motifs is 1. The van der Waals surface area contributed by atoms with E-state index in [-0.39, 0.29) is 12.3 Å². The van der Waals surface area contributed by atoms with Crippen LogP contribution in [-0.4, -0.2) is 37.8 Å². The Morgan fingerprint density at radius 2 is 1.94 bits per heavy atom. The van der Waals surface area contributed by atoms with Crippen molar-refractivity contribution < 1.29 is 27.8 Å². The van der Waals surface area contributed by atoms with Crippen LogP contribution in [0.5, 0.6) is 0 Å². The predicted octanol–water partition coefficient (Wildman–Crippen LogP) is 3.58. The SMILES string of the molecule is COC(=O)C(C)(C)C(c1cnc(C)c(CO)c1)c1ccn2c(C(F)(F)F)nnc2c1C. The number of halogens is 3. The number of aliphatic hydroxyl groups is 1. The van der Waals surface area contributed by atoms with Crippen LogP contribution in [-0.2, 0) is 22.3 Å². The molecule has 166 valence electrons. The van der Waals surface area contributed by atoms with E-state index in [9.17, 15) is 23.1 Å². The van der Waals surface area contributed by atoms with E-state index in [0.717, 1.165) is 4.40 Å². The highest BCUT2D eigenvalue weighted by atomic mass is 19.4. The fourth-order valence-corrected chi connectivity index (χ4v) is 3.88. The van der Waals surface area contributed by atoms with Gasteiger partial charge in [0.15, 0.2) is 5.65 Å². The molecule has 0 aliphatic rings. The van der Waals surface area contributed by atoms with Crippen LogP contribution in [0.4, 0.5) is 13.2 Å². The maximum atomic E-state index is 13.3. The van der Waals surface area contributed by atoms with Gasteiger partial charge in [0.2, 0.25) is 5.82 Å². The van der Waals surface area contributed by atoms with Gasteiger partial charge in [-0.05, 0) is 62.1 Å². The number of ether oxygens (including phenoxy) is 1. The number of aliphatic hydroxyl groups excluding tert-OH is 1. The number of hydrogen-bond donors (Lipinski definition) is 1. The number of rotatable bonds is 5. The first-order valence-corrected chi connectivity index (χ1v) is 9.49. The summed E-state index contributed by atoms with van der Waals surface area (Å²) in [5, 5.41) is 16.7. The number of pyridine rings is 2. The molecule has 7 nitrogen and oxygen atoms in total. The Labute approximate surface area is 176 Å². The molecule has 3 aromatic heterocycles. The summed E-state index contributed by atoms with van der Waals surface area (Å²) in [5.41, 5.74) is 1.81. The molecule has 0 saturated carbocycles. The van der Waals surface area contributed by atoms with Gasteiger partial charge in [0.1, 0.15) is 0 Å². The number of aromatic nitrogens is 4. The van der Waals surface area contributed by atoms with Crippen molar-refractivity contribution in [3.8, 4) is 0 Å². The van der Waals surface area contributed by atoms with Gasteiger partial charge in [-0.25, -0.2) is 0 Å². The lowest BCUT2D eigenvalue weighted by molar-refractivity contribution is -0.151. The standard InChI is InChI=1S/C21H23F3N4O3/c1-11-15(6-7-28-17(11)26-27-18(28)21(22,23)24)16(20(3,4)19(30)31-5)13-8-14(10-29)12(2)25-9-13/h6-9,16,29H,10H2,1-5H3. The summed E-state index contributed by atoms with van der Waals surface area (Å²) in [5.74, 6) is -2.25. The predicted molar refractivity (Wildman–Crippen MR) is 105 cm³/mol. The van der Waals surface area contributed by atoms with E-state index < -0.39 is 29.3 Å². The van der Waals surface area contributed by atoms with Gasteiger partial charge in [-0.3, -0.25) is 14.2 Å². The number of carbonyl (C=O) groups excluding carboxylic acids is 1. The Bertz CT molecular complexity index is 1140. The second kappa shape index (κ2) is 7.92. The van der Waals surface area contributed by atoms with Crippen molar-refractivity contribution in [1.82, 2.24) is 19.6 Å². The molecule has 0 fully saturated rings. The number of aryl methyl sites for hydroxylation is 2. The smallest absolute Gasteiger partial charge is 0.452 e. The number of carbonyl (C=O) groups is 1. The van der Waals surface area contributed by atoms with Gasteiger partial charge in [-0.15, -0.1) is 10.2 Å². The minimum Gasteiger partial charge on any atom is -0.469 e. The van der Waals surface area contributed by atoms with E-state index in [4.69, 9.17) is 4.74 Å². The quantitative estimate of drug-likeness (QED) is 0.615. The summed E-state index contributed by atoms with van der Waals surface area (Å²) in [4.78, 5) is 17.0. The van der Waals surface area contributed by atoms with Crippen LogP contribution in [0.1, 0.15) is 53.5 Å². The molecule has 0 spiro atoms. The minimum atomic E-state index is -4.66. The first kappa shape index (κ1) is 22.7. The zero-order valence-electron chi connectivity index (χ0n) is 17.8. The fraction of sp³-hybridized carbons (Fsp3) is 0.429. The first-order chi connectivity index (χ1) is 14.4. The summed E-state index contributed by atoms with van der Waals surface area (Å²) in [7, 11) is 1.28. The molecule has 0 aromatic carbocycles. The van der Waals surface area contributed by atoms with Gasteiger partial charge in [0.25, 0.3) is 0 Å². The second-order valence-electron chi connectivity index (χ2n) is 7.93. The summed E-state index contributed by atoms with van der Waals surface area (Å²) in [6, 6.07) is 3.26. The molecule has 3 aromatic rings. The van der Waals surface area contributed by atoms with Crippen molar-refractivity contribution in [2.24, 2.45) is 5.41 Å². The molecule has 0 amide bonds. The number of hydrogen-bond acceptors (Lipinski definition) is 6. The third-order valence-corrected chi connectivity index (χ3v) is 5.58. The number of alkyl halides is 3. The topological polar surface area (TPSA) is 89.6 Å². The van der Waals surface area contributed by atoms with E-state index in [0.29, 0.717) is 27.9 Å². The van der Waals surface area contributed by atoms with Crippen LogP contribution in [0.3, 0.4) is 0 Å². The average molecular weight is 436 g/mol. The van der Waals surface area contributed by atoms with Crippen molar-refractivity contribution in [3.05, 3.63) is 58.3 Å². The molecule has 0 radical (unpaired) electrons. The molecule has 31 heavy (non-hydrogen) atoms. The van der Waals surface area contributed by atoms with Crippen molar-refractivity contribution >= 4 is 11.6 Å². The number of nitrogens with zero attached hydrogens (tertiary/aromatic N) is 4. The van der Waals surface area contributed by atoms with E-state index in [1.54, 1.807) is 40.0 Å². The Kier molecular flexibility index (Phi) is 5.79. The van der Waals surface area contributed by atoms with Gasteiger partial charge in [-0.2, -0.15) is 13.2 Å². The minimum absolute atomic E-state index is 0.0398. The van der Waals surface area contributed by atoms with Crippen molar-refractivity contribution in [2.45, 2.75) is 46.4 Å². The molecule has 10 heteroatoms. The normalized spacial score (nSPS) is 13.5. The maximum absolute atomic E-state index is 13.3. The lowest BCUT2D eigenvalue weighted by Crippen LogP contribution is -2.34. The zero-order valence-corrected chi connectivity index (χ0v) is 17.8. The van der Waals surface area contributed by atoms with Crippen LogP contribution < -0.4 is 0 Å². The van der Waals surface area contributed by atoms with Gasteiger partial charge in [0.05, 0.1) is 19.1 Å². The Morgan fingerprint density at radius 3 is 2.52 bits per heavy atom. The van der Waals surface area contributed by atoms with E-state index in [1.165, 1.54) is 19.4 Å². The molecule has 1 atom stereocenters. The van der Waals surface area contributed by atoms with Crippen molar-refractivity contribution in [2.75, 3.05) is 7.11 Å². The molecule has 0 bridgehead atoms. The Hall–Kier alpha value is -3.01. The van der Waals surface area contributed by atoms with Gasteiger partial charge >= 0.3 is 12.1 Å². The molecule has 3 rings (SSSR count). The van der Waals surface area contributed by atoms with Gasteiger partial charge in [-0.1, -0.05) is 0 Å². The third kappa shape index (κ3) is 3.87. The van der Waals surface area contributed by atoms with E-state index in [1.807, 2.05) is 0 Å². The molecule has 1 unspecified atom stereocenters. The molecular weight excluding hydrogens is 413 g/mol. The lowest BCUT2D eigenvalue weighted by Gasteiger charge is -2.33. The largest absolute Gasteiger partial charge is 0.469 e. The molecule has 1 N–H and O–H groups in total. The molecule has 0 aliphatic carbocycles. The monoisotopic (exact) mass is 436 g/mol.